The molecule has 1 atom stereocenters. The topological polar surface area (TPSA) is 61.5 Å². The van der Waals surface area contributed by atoms with Crippen molar-refractivity contribution in [2.75, 3.05) is 13.2 Å². The number of esters is 1. The van der Waals surface area contributed by atoms with E-state index in [0.29, 0.717) is 13.2 Å². The molecule has 0 spiro atoms. The fraction of sp³-hybridized carbons (Fsp3) is 0.929. The fourth-order valence-electron chi connectivity index (χ4n) is 2.42. The highest BCUT2D eigenvalue weighted by molar-refractivity contribution is 5.80. The van der Waals surface area contributed by atoms with Crippen molar-refractivity contribution in [3.05, 3.63) is 0 Å². The molecule has 0 aromatic heterocycles. The molecule has 0 aromatic carbocycles. The number of carbonyl (C=O) groups excluding carboxylic acids is 1. The van der Waals surface area contributed by atoms with Gasteiger partial charge in [-0.25, -0.2) is 0 Å². The SMILES string of the molecule is CCOCC(C)OC(=O)C1(N)CCC(CC)CC1. The van der Waals surface area contributed by atoms with Crippen LogP contribution < -0.4 is 5.73 Å². The smallest absolute Gasteiger partial charge is 0.326 e. The van der Waals surface area contributed by atoms with Crippen LogP contribution in [0.2, 0.25) is 0 Å². The zero-order chi connectivity index (χ0) is 13.6. The molecule has 0 bridgehead atoms. The third kappa shape index (κ3) is 4.25. The Balaban J connectivity index is 2.41. The number of nitrogens with two attached hydrogens (primary N) is 1. The van der Waals surface area contributed by atoms with E-state index in [0.717, 1.165) is 31.6 Å². The zero-order valence-electron chi connectivity index (χ0n) is 11.9. The first-order valence-electron chi connectivity index (χ1n) is 7.09. The molecule has 106 valence electrons. The van der Waals surface area contributed by atoms with Crippen LogP contribution in [0.3, 0.4) is 0 Å². The van der Waals surface area contributed by atoms with Gasteiger partial charge in [0.25, 0.3) is 0 Å². The summed E-state index contributed by atoms with van der Waals surface area (Å²) in [6, 6.07) is 0. The van der Waals surface area contributed by atoms with Gasteiger partial charge in [0.15, 0.2) is 0 Å². The van der Waals surface area contributed by atoms with Gasteiger partial charge in [-0.05, 0) is 45.4 Å². The van der Waals surface area contributed by atoms with E-state index in [-0.39, 0.29) is 12.1 Å². The van der Waals surface area contributed by atoms with E-state index in [9.17, 15) is 4.79 Å². The van der Waals surface area contributed by atoms with E-state index in [4.69, 9.17) is 15.2 Å². The van der Waals surface area contributed by atoms with Crippen LogP contribution in [0, 0.1) is 5.92 Å². The average Bonchev–Trinajstić information content (AvgIpc) is 2.37. The Morgan fingerprint density at radius 3 is 2.50 bits per heavy atom. The number of hydrogen-bond acceptors (Lipinski definition) is 4. The number of ether oxygens (including phenoxy) is 2. The molecule has 1 fully saturated rings. The first kappa shape index (κ1) is 15.4. The van der Waals surface area contributed by atoms with Crippen LogP contribution in [-0.4, -0.2) is 30.8 Å². The van der Waals surface area contributed by atoms with Crippen molar-refractivity contribution in [3.63, 3.8) is 0 Å². The van der Waals surface area contributed by atoms with Crippen LogP contribution in [0.4, 0.5) is 0 Å². The van der Waals surface area contributed by atoms with Gasteiger partial charge < -0.3 is 15.2 Å². The van der Waals surface area contributed by atoms with Crippen molar-refractivity contribution in [1.29, 1.82) is 0 Å². The van der Waals surface area contributed by atoms with Crippen LogP contribution in [0.1, 0.15) is 52.9 Å². The van der Waals surface area contributed by atoms with E-state index in [2.05, 4.69) is 6.92 Å². The quantitative estimate of drug-likeness (QED) is 0.741. The highest BCUT2D eigenvalue weighted by atomic mass is 16.6. The Bertz CT molecular complexity index is 260. The Labute approximate surface area is 110 Å². The summed E-state index contributed by atoms with van der Waals surface area (Å²) >= 11 is 0. The van der Waals surface area contributed by atoms with E-state index in [1.807, 2.05) is 13.8 Å². The van der Waals surface area contributed by atoms with Crippen molar-refractivity contribution in [2.24, 2.45) is 11.7 Å². The largest absolute Gasteiger partial charge is 0.459 e. The number of hydrogen-bond donors (Lipinski definition) is 1. The average molecular weight is 257 g/mol. The van der Waals surface area contributed by atoms with Crippen LogP contribution in [0.5, 0.6) is 0 Å². The Kier molecular flexibility index (Phi) is 6.09. The van der Waals surface area contributed by atoms with Crippen molar-refractivity contribution < 1.29 is 14.3 Å². The predicted octanol–water partition coefficient (Wildman–Crippen LogP) is 2.25. The number of rotatable bonds is 6. The molecule has 4 heteroatoms. The van der Waals surface area contributed by atoms with Crippen LogP contribution in [-0.2, 0) is 14.3 Å². The molecule has 1 aliphatic carbocycles. The molecule has 1 aliphatic rings. The molecule has 0 amide bonds. The van der Waals surface area contributed by atoms with Gasteiger partial charge in [-0.1, -0.05) is 13.3 Å². The Hall–Kier alpha value is -0.610. The van der Waals surface area contributed by atoms with Crippen molar-refractivity contribution in [1.82, 2.24) is 0 Å². The zero-order valence-corrected chi connectivity index (χ0v) is 11.9. The lowest BCUT2D eigenvalue weighted by atomic mass is 9.76. The van der Waals surface area contributed by atoms with Gasteiger partial charge >= 0.3 is 5.97 Å². The third-order valence-electron chi connectivity index (χ3n) is 3.85. The van der Waals surface area contributed by atoms with Crippen LogP contribution in [0.15, 0.2) is 0 Å². The second-order valence-corrected chi connectivity index (χ2v) is 5.38. The summed E-state index contributed by atoms with van der Waals surface area (Å²) in [6.07, 6.45) is 4.49. The van der Waals surface area contributed by atoms with Crippen LogP contribution in [0.25, 0.3) is 0 Å². The summed E-state index contributed by atoms with van der Waals surface area (Å²) in [5.74, 6) is 0.458. The minimum Gasteiger partial charge on any atom is -0.459 e. The minimum absolute atomic E-state index is 0.221. The molecular formula is C14H27NO3. The maximum absolute atomic E-state index is 12.1. The molecule has 0 aliphatic heterocycles. The van der Waals surface area contributed by atoms with Gasteiger partial charge in [0.2, 0.25) is 0 Å². The van der Waals surface area contributed by atoms with Gasteiger partial charge in [-0.3, -0.25) is 4.79 Å². The van der Waals surface area contributed by atoms with Gasteiger partial charge in [-0.15, -0.1) is 0 Å². The van der Waals surface area contributed by atoms with Crippen molar-refractivity contribution in [3.8, 4) is 0 Å². The molecule has 0 aromatic rings. The number of carbonyl (C=O) groups is 1. The normalized spacial score (nSPS) is 29.9. The standard InChI is InChI=1S/C14H27NO3/c1-4-12-6-8-14(15,9-7-12)13(16)18-11(3)10-17-5-2/h11-12H,4-10,15H2,1-3H3. The second-order valence-electron chi connectivity index (χ2n) is 5.38. The lowest BCUT2D eigenvalue weighted by Crippen LogP contribution is -2.52. The van der Waals surface area contributed by atoms with Gasteiger partial charge in [-0.2, -0.15) is 0 Å². The Morgan fingerprint density at radius 2 is 2.00 bits per heavy atom. The van der Waals surface area contributed by atoms with E-state index in [1.54, 1.807) is 0 Å². The summed E-state index contributed by atoms with van der Waals surface area (Å²) < 4.78 is 10.6. The molecule has 1 rings (SSSR count). The fourth-order valence-corrected chi connectivity index (χ4v) is 2.42. The first-order chi connectivity index (χ1) is 8.51. The Morgan fingerprint density at radius 1 is 1.39 bits per heavy atom. The third-order valence-corrected chi connectivity index (χ3v) is 3.85. The van der Waals surface area contributed by atoms with Crippen molar-refractivity contribution in [2.45, 2.75) is 64.5 Å². The maximum atomic E-state index is 12.1. The first-order valence-corrected chi connectivity index (χ1v) is 7.09. The van der Waals surface area contributed by atoms with E-state index in [1.165, 1.54) is 6.42 Å². The summed E-state index contributed by atoms with van der Waals surface area (Å²) in [5.41, 5.74) is 5.41. The highest BCUT2D eigenvalue weighted by Crippen LogP contribution is 2.33. The second kappa shape index (κ2) is 7.10. The molecule has 18 heavy (non-hydrogen) atoms. The highest BCUT2D eigenvalue weighted by Gasteiger charge is 2.39. The maximum Gasteiger partial charge on any atom is 0.326 e. The van der Waals surface area contributed by atoms with E-state index < -0.39 is 5.54 Å². The molecule has 1 unspecified atom stereocenters. The molecule has 0 radical (unpaired) electrons. The molecule has 0 heterocycles. The van der Waals surface area contributed by atoms with E-state index >= 15 is 0 Å². The lowest BCUT2D eigenvalue weighted by Gasteiger charge is -2.35. The van der Waals surface area contributed by atoms with Gasteiger partial charge in [0.1, 0.15) is 11.6 Å². The van der Waals surface area contributed by atoms with Gasteiger partial charge in [0.05, 0.1) is 6.61 Å². The molecule has 2 N–H and O–H groups in total. The molecule has 0 saturated heterocycles. The summed E-state index contributed by atoms with van der Waals surface area (Å²) in [6.45, 7) is 7.03. The summed E-state index contributed by atoms with van der Waals surface area (Å²) in [5, 5.41) is 0. The van der Waals surface area contributed by atoms with Gasteiger partial charge in [0, 0.05) is 6.61 Å². The predicted molar refractivity (Wildman–Crippen MR) is 71.2 cm³/mol. The lowest BCUT2D eigenvalue weighted by molar-refractivity contribution is -0.159. The van der Waals surface area contributed by atoms with Crippen molar-refractivity contribution >= 4 is 5.97 Å². The summed E-state index contributed by atoms with van der Waals surface area (Å²) in [7, 11) is 0. The molecule has 4 nitrogen and oxygen atoms in total. The molecular weight excluding hydrogens is 230 g/mol. The summed E-state index contributed by atoms with van der Waals surface area (Å²) in [4.78, 5) is 12.1. The monoisotopic (exact) mass is 257 g/mol. The minimum atomic E-state index is -0.772. The van der Waals surface area contributed by atoms with Crippen LogP contribution >= 0.6 is 0 Å². The molecule has 1 saturated carbocycles.